The number of aryl methyl sites for hydroxylation is 2. The highest BCUT2D eigenvalue weighted by Crippen LogP contribution is 2.26. The zero-order valence-corrected chi connectivity index (χ0v) is 14.8. The Hall–Kier alpha value is -2.75. The van der Waals surface area contributed by atoms with Crippen molar-refractivity contribution in [3.63, 3.8) is 0 Å². The second-order valence-electron chi connectivity index (χ2n) is 5.36. The number of aromatic nitrogens is 4. The van der Waals surface area contributed by atoms with Crippen LogP contribution in [0.1, 0.15) is 11.4 Å². The monoisotopic (exact) mass is 379 g/mol. The molecule has 1 N–H and O–H groups in total. The minimum Gasteiger partial charge on any atom is -0.433 e. The van der Waals surface area contributed by atoms with E-state index in [2.05, 4.69) is 25.1 Å². The Morgan fingerprint density at radius 2 is 2.08 bits per heavy atom. The van der Waals surface area contributed by atoms with Gasteiger partial charge in [-0.25, -0.2) is 9.50 Å². The topological polar surface area (TPSA) is 81.4 Å². The highest BCUT2D eigenvalue weighted by atomic mass is 32.2. The first-order valence-electron chi connectivity index (χ1n) is 7.60. The maximum atomic E-state index is 12.4. The highest BCUT2D eigenvalue weighted by molar-refractivity contribution is 7.99. The minimum absolute atomic E-state index is 0.0118. The van der Waals surface area contributed by atoms with Crippen molar-refractivity contribution in [2.45, 2.75) is 25.6 Å². The van der Waals surface area contributed by atoms with E-state index in [1.54, 1.807) is 16.6 Å². The molecule has 10 heteroatoms. The van der Waals surface area contributed by atoms with Crippen molar-refractivity contribution >= 4 is 29.1 Å². The van der Waals surface area contributed by atoms with Crippen LogP contribution in [0.15, 0.2) is 35.5 Å². The Bertz CT molecular complexity index is 948. The van der Waals surface area contributed by atoms with Crippen molar-refractivity contribution in [3.05, 3.63) is 41.7 Å². The number of rotatable bonds is 6. The van der Waals surface area contributed by atoms with Crippen molar-refractivity contribution < 1.29 is 18.3 Å². The van der Waals surface area contributed by atoms with Gasteiger partial charge in [-0.3, -0.25) is 4.79 Å². The van der Waals surface area contributed by atoms with E-state index in [0.717, 1.165) is 23.1 Å². The lowest BCUT2D eigenvalue weighted by Crippen LogP contribution is -2.15. The van der Waals surface area contributed by atoms with Crippen molar-refractivity contribution in [2.24, 2.45) is 0 Å². The molecular weight excluding hydrogens is 364 g/mol. The average molecular weight is 379 g/mol. The molecule has 0 radical (unpaired) electrons. The van der Waals surface area contributed by atoms with Crippen molar-refractivity contribution in [1.29, 1.82) is 0 Å². The van der Waals surface area contributed by atoms with Crippen molar-refractivity contribution in [1.82, 2.24) is 19.6 Å². The van der Waals surface area contributed by atoms with Crippen LogP contribution in [0.3, 0.4) is 0 Å². The molecule has 2 aromatic heterocycles. The standard InChI is InChI=1S/C16H15F2N5O2S/c1-9-7-10(2)23-15(19-9)21-16(22-23)26-8-13(24)20-11-5-3-4-6-12(11)25-14(17)18/h3-7,14H,8H2,1-2H3,(H,20,24). The molecule has 0 saturated heterocycles. The summed E-state index contributed by atoms with van der Waals surface area (Å²) in [5, 5.41) is 7.24. The molecule has 0 aliphatic rings. The Morgan fingerprint density at radius 1 is 1.31 bits per heavy atom. The molecule has 0 spiro atoms. The van der Waals surface area contributed by atoms with Gasteiger partial charge in [0.25, 0.3) is 5.78 Å². The number of alkyl halides is 2. The molecule has 3 aromatic rings. The molecule has 1 amide bonds. The van der Waals surface area contributed by atoms with Crippen LogP contribution in [-0.4, -0.2) is 37.9 Å². The van der Waals surface area contributed by atoms with E-state index in [0.29, 0.717) is 10.9 Å². The molecule has 3 rings (SSSR count). The number of para-hydroxylation sites is 2. The number of nitrogens with zero attached hydrogens (tertiary/aromatic N) is 4. The van der Waals surface area contributed by atoms with Gasteiger partial charge in [-0.1, -0.05) is 23.9 Å². The largest absolute Gasteiger partial charge is 0.433 e. The number of nitrogens with one attached hydrogen (secondary N) is 1. The van der Waals surface area contributed by atoms with E-state index in [9.17, 15) is 13.6 Å². The smallest absolute Gasteiger partial charge is 0.387 e. The molecule has 0 atom stereocenters. The number of hydrogen-bond donors (Lipinski definition) is 1. The second kappa shape index (κ2) is 7.65. The number of thioether (sulfide) groups is 1. The van der Waals surface area contributed by atoms with Crippen LogP contribution < -0.4 is 10.1 Å². The molecule has 136 valence electrons. The van der Waals surface area contributed by atoms with Crippen LogP contribution in [0.5, 0.6) is 5.75 Å². The van der Waals surface area contributed by atoms with Crippen molar-refractivity contribution in [2.75, 3.05) is 11.1 Å². The normalized spacial score (nSPS) is 11.1. The number of fused-ring (bicyclic) bond motifs is 1. The summed E-state index contributed by atoms with van der Waals surface area (Å²) < 4.78 is 30.8. The molecule has 0 unspecified atom stereocenters. The van der Waals surface area contributed by atoms with Crippen LogP contribution in [0.2, 0.25) is 0 Å². The Labute approximate surface area is 151 Å². The zero-order chi connectivity index (χ0) is 18.7. The third-order valence-electron chi connectivity index (χ3n) is 3.31. The molecule has 0 aliphatic carbocycles. The van der Waals surface area contributed by atoms with E-state index in [-0.39, 0.29) is 23.1 Å². The molecule has 1 aromatic carbocycles. The van der Waals surface area contributed by atoms with Gasteiger partial charge in [0.1, 0.15) is 5.75 Å². The fourth-order valence-corrected chi connectivity index (χ4v) is 2.91. The summed E-state index contributed by atoms with van der Waals surface area (Å²) in [6.07, 6.45) is 0. The summed E-state index contributed by atoms with van der Waals surface area (Å²) in [5.41, 5.74) is 1.89. The van der Waals surface area contributed by atoms with E-state index in [1.807, 2.05) is 19.9 Å². The van der Waals surface area contributed by atoms with Crippen LogP contribution >= 0.6 is 11.8 Å². The molecule has 0 aliphatic heterocycles. The van der Waals surface area contributed by atoms with E-state index >= 15 is 0 Å². The van der Waals surface area contributed by atoms with Crippen LogP contribution in [0, 0.1) is 13.8 Å². The Balaban J connectivity index is 1.66. The number of anilines is 1. The molecule has 7 nitrogen and oxygen atoms in total. The van der Waals surface area contributed by atoms with Crippen LogP contribution in [0.4, 0.5) is 14.5 Å². The SMILES string of the molecule is Cc1cc(C)n2nc(SCC(=O)Nc3ccccc3OC(F)F)nc2n1. The third-order valence-corrected chi connectivity index (χ3v) is 4.15. The fraction of sp³-hybridized carbons (Fsp3) is 0.250. The van der Waals surface area contributed by atoms with Gasteiger partial charge in [-0.05, 0) is 32.0 Å². The maximum Gasteiger partial charge on any atom is 0.387 e. The molecule has 26 heavy (non-hydrogen) atoms. The van der Waals surface area contributed by atoms with Crippen LogP contribution in [0.25, 0.3) is 5.78 Å². The summed E-state index contributed by atoms with van der Waals surface area (Å²) in [5.74, 6) is -0.0131. The number of benzene rings is 1. The first-order chi connectivity index (χ1) is 12.4. The third kappa shape index (κ3) is 4.26. The van der Waals surface area contributed by atoms with Gasteiger partial charge < -0.3 is 10.1 Å². The lowest BCUT2D eigenvalue weighted by Gasteiger charge is -2.11. The van der Waals surface area contributed by atoms with Gasteiger partial charge in [-0.15, -0.1) is 5.10 Å². The molecule has 2 heterocycles. The predicted octanol–water partition coefficient (Wildman–Crippen LogP) is 3.07. The maximum absolute atomic E-state index is 12.4. The summed E-state index contributed by atoms with van der Waals surface area (Å²) in [7, 11) is 0. The summed E-state index contributed by atoms with van der Waals surface area (Å²) in [6, 6.07) is 7.87. The minimum atomic E-state index is -2.97. The molecular formula is C16H15F2N5O2S. The lowest BCUT2D eigenvalue weighted by atomic mass is 10.3. The van der Waals surface area contributed by atoms with E-state index < -0.39 is 6.61 Å². The van der Waals surface area contributed by atoms with Gasteiger partial charge in [0, 0.05) is 11.4 Å². The summed E-state index contributed by atoms with van der Waals surface area (Å²) >= 11 is 1.12. The first-order valence-corrected chi connectivity index (χ1v) is 8.58. The summed E-state index contributed by atoms with van der Waals surface area (Å²) in [6.45, 7) is 0.780. The molecule has 0 fully saturated rings. The number of ether oxygens (including phenoxy) is 1. The fourth-order valence-electron chi connectivity index (χ4n) is 2.29. The second-order valence-corrected chi connectivity index (χ2v) is 6.30. The number of hydrogen-bond acceptors (Lipinski definition) is 6. The first kappa shape index (κ1) is 18.1. The average Bonchev–Trinajstić information content (AvgIpc) is 2.97. The van der Waals surface area contributed by atoms with Gasteiger partial charge in [0.05, 0.1) is 11.4 Å². The highest BCUT2D eigenvalue weighted by Gasteiger charge is 2.14. The van der Waals surface area contributed by atoms with Crippen LogP contribution in [-0.2, 0) is 4.79 Å². The number of carbonyl (C=O) groups is 1. The Morgan fingerprint density at radius 3 is 2.85 bits per heavy atom. The van der Waals surface area contributed by atoms with Gasteiger partial charge in [0.15, 0.2) is 0 Å². The number of halogens is 2. The van der Waals surface area contributed by atoms with Gasteiger partial charge >= 0.3 is 6.61 Å². The lowest BCUT2D eigenvalue weighted by molar-refractivity contribution is -0.113. The quantitative estimate of drug-likeness (QED) is 0.663. The number of carbonyl (C=O) groups excluding carboxylic acids is 1. The van der Waals surface area contributed by atoms with Crippen molar-refractivity contribution in [3.8, 4) is 5.75 Å². The molecule has 0 saturated carbocycles. The predicted molar refractivity (Wildman–Crippen MR) is 92.7 cm³/mol. The van der Waals surface area contributed by atoms with E-state index in [1.165, 1.54) is 12.1 Å². The number of amides is 1. The Kier molecular flexibility index (Phi) is 5.31. The zero-order valence-electron chi connectivity index (χ0n) is 13.9. The molecule has 0 bridgehead atoms. The summed E-state index contributed by atoms with van der Waals surface area (Å²) in [4.78, 5) is 20.7. The van der Waals surface area contributed by atoms with E-state index in [4.69, 9.17) is 0 Å². The van der Waals surface area contributed by atoms with Gasteiger partial charge in [-0.2, -0.15) is 13.8 Å². The van der Waals surface area contributed by atoms with Gasteiger partial charge in [0.2, 0.25) is 11.1 Å².